The van der Waals surface area contributed by atoms with Gasteiger partial charge in [-0.1, -0.05) is 12.1 Å². The largest absolute Gasteiger partial charge is 0.346 e. The fourth-order valence-electron chi connectivity index (χ4n) is 4.82. The Balaban J connectivity index is 1.32. The van der Waals surface area contributed by atoms with Gasteiger partial charge in [-0.2, -0.15) is 10.2 Å². The average Bonchev–Trinajstić information content (AvgIpc) is 3.59. The van der Waals surface area contributed by atoms with Gasteiger partial charge in [-0.15, -0.1) is 0 Å². The summed E-state index contributed by atoms with van der Waals surface area (Å²) in [5.74, 6) is -0.235. The van der Waals surface area contributed by atoms with E-state index in [1.165, 1.54) is 6.07 Å². The fourth-order valence-corrected chi connectivity index (χ4v) is 4.82. The monoisotopic (exact) mass is 455 g/mol. The number of fused-ring (bicyclic) bond motifs is 1. The first-order chi connectivity index (χ1) is 16.7. The maximum atomic E-state index is 13.6. The zero-order chi connectivity index (χ0) is 23.1. The Bertz CT molecular complexity index is 1460. The van der Waals surface area contributed by atoms with E-state index in [2.05, 4.69) is 42.4 Å². The number of benzene rings is 1. The van der Waals surface area contributed by atoms with Crippen molar-refractivity contribution in [2.75, 3.05) is 13.1 Å². The van der Waals surface area contributed by atoms with Crippen molar-refractivity contribution < 1.29 is 4.39 Å². The van der Waals surface area contributed by atoms with E-state index in [-0.39, 0.29) is 5.82 Å². The molecule has 0 spiro atoms. The minimum atomic E-state index is -0.235. The van der Waals surface area contributed by atoms with Crippen molar-refractivity contribution in [1.29, 1.82) is 0 Å². The van der Waals surface area contributed by atoms with Gasteiger partial charge >= 0.3 is 0 Å². The summed E-state index contributed by atoms with van der Waals surface area (Å²) in [6.45, 7) is 4.63. The summed E-state index contributed by atoms with van der Waals surface area (Å²) in [5.41, 5.74) is 6.93. The molecule has 0 saturated carbocycles. The highest BCUT2D eigenvalue weighted by molar-refractivity contribution is 5.96. The lowest BCUT2D eigenvalue weighted by Gasteiger charge is -2.22. The van der Waals surface area contributed by atoms with Crippen LogP contribution in [-0.2, 0) is 6.54 Å². The van der Waals surface area contributed by atoms with Crippen molar-refractivity contribution in [3.63, 3.8) is 0 Å². The van der Waals surface area contributed by atoms with E-state index in [1.807, 2.05) is 42.5 Å². The molecular formula is C26H26FN7. The molecule has 5 aromatic rings. The second-order valence-corrected chi connectivity index (χ2v) is 8.94. The van der Waals surface area contributed by atoms with Crippen LogP contribution < -0.4 is 5.32 Å². The first-order valence-corrected chi connectivity index (χ1v) is 11.7. The Morgan fingerprint density at radius 2 is 1.91 bits per heavy atom. The van der Waals surface area contributed by atoms with E-state index in [0.29, 0.717) is 12.6 Å². The molecule has 1 aromatic carbocycles. The smallest absolute Gasteiger partial charge is 0.137 e. The topological polar surface area (TPSA) is 76.3 Å². The molecule has 0 radical (unpaired) electrons. The number of aromatic nitrogens is 6. The van der Waals surface area contributed by atoms with Crippen LogP contribution in [0.25, 0.3) is 33.3 Å². The van der Waals surface area contributed by atoms with E-state index in [9.17, 15) is 4.39 Å². The number of nitrogens with one attached hydrogen (secondary N) is 2. The molecule has 172 valence electrons. The van der Waals surface area contributed by atoms with E-state index < -0.39 is 0 Å². The van der Waals surface area contributed by atoms with Crippen molar-refractivity contribution >= 4 is 11.0 Å². The quantitative estimate of drug-likeness (QED) is 0.402. The average molecular weight is 456 g/mol. The van der Waals surface area contributed by atoms with Crippen molar-refractivity contribution in [2.24, 2.45) is 0 Å². The van der Waals surface area contributed by atoms with Crippen LogP contribution in [0.3, 0.4) is 0 Å². The molecule has 0 bridgehead atoms. The Morgan fingerprint density at radius 3 is 2.76 bits per heavy atom. The molecule has 8 heteroatoms. The Kier molecular flexibility index (Phi) is 5.22. The second-order valence-electron chi connectivity index (χ2n) is 8.94. The van der Waals surface area contributed by atoms with Gasteiger partial charge in [0.1, 0.15) is 11.5 Å². The minimum absolute atomic E-state index is 0.235. The van der Waals surface area contributed by atoms with Crippen LogP contribution in [0.1, 0.15) is 30.1 Å². The highest BCUT2D eigenvalue weighted by atomic mass is 19.1. The zero-order valence-corrected chi connectivity index (χ0v) is 19.0. The Hall–Kier alpha value is -3.78. The van der Waals surface area contributed by atoms with Gasteiger partial charge in [0.25, 0.3) is 0 Å². The van der Waals surface area contributed by atoms with E-state index >= 15 is 0 Å². The fraction of sp³-hybridized carbons (Fsp3) is 0.269. The Labute approximate surface area is 196 Å². The summed E-state index contributed by atoms with van der Waals surface area (Å²) >= 11 is 0. The van der Waals surface area contributed by atoms with Gasteiger partial charge in [0.2, 0.25) is 0 Å². The van der Waals surface area contributed by atoms with Gasteiger partial charge in [0.05, 0.1) is 25.0 Å². The number of hydrogen-bond donors (Lipinski definition) is 2. The van der Waals surface area contributed by atoms with Crippen molar-refractivity contribution in [2.45, 2.75) is 32.4 Å². The summed E-state index contributed by atoms with van der Waals surface area (Å²) in [7, 11) is 0. The van der Waals surface area contributed by atoms with Crippen molar-refractivity contribution in [1.82, 2.24) is 34.8 Å². The molecule has 0 amide bonds. The first kappa shape index (κ1) is 20.8. The predicted molar refractivity (Wildman–Crippen MR) is 130 cm³/mol. The van der Waals surface area contributed by atoms with Crippen LogP contribution in [0, 0.1) is 12.7 Å². The summed E-state index contributed by atoms with van der Waals surface area (Å²) < 4.78 is 17.6. The van der Waals surface area contributed by atoms with Gasteiger partial charge < -0.3 is 10.3 Å². The van der Waals surface area contributed by atoms with Crippen LogP contribution in [0.5, 0.6) is 0 Å². The molecule has 0 unspecified atom stereocenters. The summed E-state index contributed by atoms with van der Waals surface area (Å²) in [6, 6.07) is 9.26. The lowest BCUT2D eigenvalue weighted by atomic mass is 10.0. The summed E-state index contributed by atoms with van der Waals surface area (Å²) in [5, 5.41) is 13.7. The molecule has 5 heterocycles. The molecule has 7 nitrogen and oxygen atoms in total. The number of nitrogens with zero attached hydrogens (tertiary/aromatic N) is 5. The summed E-state index contributed by atoms with van der Waals surface area (Å²) in [6.07, 6.45) is 12.0. The lowest BCUT2D eigenvalue weighted by molar-refractivity contribution is 0.343. The van der Waals surface area contributed by atoms with Crippen LogP contribution in [0.15, 0.2) is 61.3 Å². The number of halogens is 1. The van der Waals surface area contributed by atoms with Crippen LogP contribution in [0.2, 0.25) is 0 Å². The third kappa shape index (κ3) is 3.80. The standard InChI is InChI=1S/C26H26FN7/c1-17-24(14-32-33(17)15-18-3-2-4-21(27)9-18)25-13-30-26-23(25)10-19(11-29-26)20-12-31-34(16-20)22-5-7-28-8-6-22/h2-4,9-14,16,22,28H,5-8,15H2,1H3,(H,29,30). The van der Waals surface area contributed by atoms with E-state index in [4.69, 9.17) is 0 Å². The van der Waals surface area contributed by atoms with Gasteiger partial charge in [0, 0.05) is 51.9 Å². The molecule has 1 aliphatic heterocycles. The third-order valence-electron chi connectivity index (χ3n) is 6.76. The second kappa shape index (κ2) is 8.53. The highest BCUT2D eigenvalue weighted by Crippen LogP contribution is 2.33. The van der Waals surface area contributed by atoms with Crippen LogP contribution >= 0.6 is 0 Å². The third-order valence-corrected chi connectivity index (χ3v) is 6.76. The molecule has 1 fully saturated rings. The van der Waals surface area contributed by atoms with Gasteiger partial charge in [-0.05, 0) is 56.6 Å². The SMILES string of the molecule is Cc1c(-c2c[nH]c3ncc(-c4cnn(C5CCNCC5)c4)cc23)cnn1Cc1cccc(F)c1. The molecule has 6 rings (SSSR count). The maximum Gasteiger partial charge on any atom is 0.137 e. The van der Waals surface area contributed by atoms with Gasteiger partial charge in [0.15, 0.2) is 0 Å². The van der Waals surface area contributed by atoms with Crippen LogP contribution in [-0.4, -0.2) is 42.6 Å². The minimum Gasteiger partial charge on any atom is -0.346 e. The molecule has 4 aromatic heterocycles. The molecule has 1 saturated heterocycles. The molecule has 2 N–H and O–H groups in total. The maximum absolute atomic E-state index is 13.6. The number of rotatable bonds is 5. The molecule has 0 atom stereocenters. The summed E-state index contributed by atoms with van der Waals surface area (Å²) in [4.78, 5) is 7.96. The number of piperidine rings is 1. The predicted octanol–water partition coefficient (Wildman–Crippen LogP) is 4.71. The lowest BCUT2D eigenvalue weighted by Crippen LogP contribution is -2.29. The molecule has 0 aliphatic carbocycles. The molecule has 34 heavy (non-hydrogen) atoms. The van der Waals surface area contributed by atoms with E-state index in [0.717, 1.165) is 70.5 Å². The van der Waals surface area contributed by atoms with Crippen LogP contribution in [0.4, 0.5) is 4.39 Å². The Morgan fingerprint density at radius 1 is 1.03 bits per heavy atom. The highest BCUT2D eigenvalue weighted by Gasteiger charge is 2.18. The molecule has 1 aliphatic rings. The normalized spacial score (nSPS) is 14.8. The van der Waals surface area contributed by atoms with Crippen molar-refractivity contribution in [3.05, 3.63) is 78.4 Å². The number of aromatic amines is 1. The molecular weight excluding hydrogens is 429 g/mol. The first-order valence-electron chi connectivity index (χ1n) is 11.7. The number of pyridine rings is 1. The number of hydrogen-bond acceptors (Lipinski definition) is 4. The van der Waals surface area contributed by atoms with E-state index in [1.54, 1.807) is 12.1 Å². The van der Waals surface area contributed by atoms with Crippen molar-refractivity contribution in [3.8, 4) is 22.3 Å². The van der Waals surface area contributed by atoms with Gasteiger partial charge in [-0.3, -0.25) is 9.36 Å². The number of H-pyrrole nitrogens is 1. The van der Waals surface area contributed by atoms with Gasteiger partial charge in [-0.25, -0.2) is 9.37 Å². The zero-order valence-electron chi connectivity index (χ0n) is 19.0.